The van der Waals surface area contributed by atoms with Crippen molar-refractivity contribution < 1.29 is 19.0 Å². The van der Waals surface area contributed by atoms with Crippen LogP contribution in [0.5, 0.6) is 23.0 Å². The molecule has 7 heteroatoms. The lowest BCUT2D eigenvalue weighted by Gasteiger charge is -2.34. The van der Waals surface area contributed by atoms with Crippen LogP contribution in [0.15, 0.2) is 72.8 Å². The molecule has 170 valence electrons. The zero-order valence-electron chi connectivity index (χ0n) is 18.4. The molecule has 7 nitrogen and oxygen atoms in total. The van der Waals surface area contributed by atoms with E-state index in [0.717, 1.165) is 50.0 Å². The van der Waals surface area contributed by atoms with Gasteiger partial charge in [-0.1, -0.05) is 36.4 Å². The van der Waals surface area contributed by atoms with E-state index in [1.807, 2.05) is 60.7 Å². The second-order valence-corrected chi connectivity index (χ2v) is 8.20. The summed E-state index contributed by atoms with van der Waals surface area (Å²) in [6, 6.07) is 23.2. The first kappa shape index (κ1) is 21.3. The summed E-state index contributed by atoms with van der Waals surface area (Å²) in [6.45, 7) is 5.03. The van der Waals surface area contributed by atoms with E-state index < -0.39 is 0 Å². The molecule has 1 N–H and O–H groups in total. The second kappa shape index (κ2) is 9.94. The molecule has 0 aromatic heterocycles. The van der Waals surface area contributed by atoms with Crippen LogP contribution < -0.4 is 19.5 Å². The van der Waals surface area contributed by atoms with Gasteiger partial charge in [-0.2, -0.15) is 0 Å². The number of hydrogen-bond acceptors (Lipinski definition) is 6. The summed E-state index contributed by atoms with van der Waals surface area (Å²) in [6.07, 6.45) is 0. The van der Waals surface area contributed by atoms with Crippen molar-refractivity contribution in [2.75, 3.05) is 44.8 Å². The van der Waals surface area contributed by atoms with Gasteiger partial charge in [0, 0.05) is 32.7 Å². The molecule has 0 aliphatic carbocycles. The van der Waals surface area contributed by atoms with Gasteiger partial charge in [0.25, 0.3) is 0 Å². The Kier molecular flexibility index (Phi) is 6.41. The number of amides is 1. The Morgan fingerprint density at radius 1 is 0.848 bits per heavy atom. The smallest absolute Gasteiger partial charge is 0.238 e. The third-order valence-electron chi connectivity index (χ3n) is 5.81. The van der Waals surface area contributed by atoms with Gasteiger partial charge in [0.15, 0.2) is 17.2 Å². The van der Waals surface area contributed by atoms with Crippen LogP contribution in [0.25, 0.3) is 0 Å². The number of hydrogen-bond donors (Lipinski definition) is 1. The van der Waals surface area contributed by atoms with Crippen LogP contribution in [0.4, 0.5) is 5.69 Å². The third-order valence-corrected chi connectivity index (χ3v) is 5.81. The van der Waals surface area contributed by atoms with Crippen molar-refractivity contribution in [3.63, 3.8) is 0 Å². The first-order chi connectivity index (χ1) is 16.2. The molecule has 0 spiro atoms. The van der Waals surface area contributed by atoms with Crippen molar-refractivity contribution in [3.05, 3.63) is 78.4 Å². The van der Waals surface area contributed by atoms with Gasteiger partial charge in [-0.25, -0.2) is 0 Å². The number of ether oxygens (including phenoxy) is 3. The molecule has 2 heterocycles. The molecule has 2 aliphatic rings. The van der Waals surface area contributed by atoms with Crippen LogP contribution in [-0.2, 0) is 11.3 Å². The van der Waals surface area contributed by atoms with E-state index in [1.54, 1.807) is 0 Å². The number of para-hydroxylation sites is 3. The Balaban J connectivity index is 1.11. The number of carbonyl (C=O) groups excluding carboxylic acids is 1. The standard InChI is InChI=1S/C26H27N3O4/c30-26(27-22-8-4-5-9-23(22)33-21-6-2-1-3-7-21)18-29-14-12-28(13-15-29)17-20-10-11-24-25(16-20)32-19-31-24/h1-11,16H,12-15,17-19H2,(H,27,30). The van der Waals surface area contributed by atoms with E-state index in [-0.39, 0.29) is 5.91 Å². The minimum Gasteiger partial charge on any atom is -0.455 e. The van der Waals surface area contributed by atoms with Crippen molar-refractivity contribution in [3.8, 4) is 23.0 Å². The summed E-state index contributed by atoms with van der Waals surface area (Å²) < 4.78 is 16.8. The van der Waals surface area contributed by atoms with Crippen molar-refractivity contribution in [1.29, 1.82) is 0 Å². The molecule has 0 radical (unpaired) electrons. The SMILES string of the molecule is O=C(CN1CCN(Cc2ccc3c(c2)OCO3)CC1)Nc1ccccc1Oc1ccccc1. The molecular weight excluding hydrogens is 418 g/mol. The highest BCUT2D eigenvalue weighted by Gasteiger charge is 2.21. The molecular formula is C26H27N3O4. The number of piperazine rings is 1. The molecule has 1 amide bonds. The lowest BCUT2D eigenvalue weighted by molar-refractivity contribution is -0.117. The van der Waals surface area contributed by atoms with E-state index in [9.17, 15) is 4.79 Å². The quantitative estimate of drug-likeness (QED) is 0.594. The van der Waals surface area contributed by atoms with Crippen LogP contribution in [0.1, 0.15) is 5.56 Å². The molecule has 33 heavy (non-hydrogen) atoms. The van der Waals surface area contributed by atoms with E-state index in [0.29, 0.717) is 24.8 Å². The topological polar surface area (TPSA) is 63.3 Å². The maximum atomic E-state index is 12.7. The lowest BCUT2D eigenvalue weighted by Crippen LogP contribution is -2.48. The summed E-state index contributed by atoms with van der Waals surface area (Å²) in [5.41, 5.74) is 1.88. The number of anilines is 1. The zero-order chi connectivity index (χ0) is 22.5. The number of benzene rings is 3. The van der Waals surface area contributed by atoms with Gasteiger partial charge in [0.05, 0.1) is 12.2 Å². The summed E-state index contributed by atoms with van der Waals surface area (Å²) in [7, 11) is 0. The zero-order valence-corrected chi connectivity index (χ0v) is 18.4. The van der Waals surface area contributed by atoms with Crippen molar-refractivity contribution in [2.45, 2.75) is 6.54 Å². The highest BCUT2D eigenvalue weighted by Crippen LogP contribution is 2.33. The molecule has 1 fully saturated rings. The first-order valence-corrected chi connectivity index (χ1v) is 11.2. The van der Waals surface area contributed by atoms with Crippen LogP contribution in [0, 0.1) is 0 Å². The van der Waals surface area contributed by atoms with E-state index >= 15 is 0 Å². The van der Waals surface area contributed by atoms with Gasteiger partial charge < -0.3 is 19.5 Å². The van der Waals surface area contributed by atoms with E-state index in [2.05, 4.69) is 27.2 Å². The van der Waals surface area contributed by atoms with Gasteiger partial charge in [-0.15, -0.1) is 0 Å². The van der Waals surface area contributed by atoms with E-state index in [4.69, 9.17) is 14.2 Å². The maximum absolute atomic E-state index is 12.7. The molecule has 0 bridgehead atoms. The van der Waals surface area contributed by atoms with Gasteiger partial charge in [-0.05, 0) is 42.0 Å². The Morgan fingerprint density at radius 2 is 1.58 bits per heavy atom. The molecule has 0 atom stereocenters. The highest BCUT2D eigenvalue weighted by atomic mass is 16.7. The maximum Gasteiger partial charge on any atom is 0.238 e. The minimum atomic E-state index is -0.0386. The van der Waals surface area contributed by atoms with Gasteiger partial charge in [0.2, 0.25) is 12.7 Å². The number of fused-ring (bicyclic) bond motifs is 1. The number of nitrogens with zero attached hydrogens (tertiary/aromatic N) is 2. The van der Waals surface area contributed by atoms with Crippen LogP contribution >= 0.6 is 0 Å². The van der Waals surface area contributed by atoms with Crippen LogP contribution in [0.2, 0.25) is 0 Å². The van der Waals surface area contributed by atoms with E-state index in [1.165, 1.54) is 5.56 Å². The minimum absolute atomic E-state index is 0.0386. The summed E-state index contributed by atoms with van der Waals surface area (Å²) in [5, 5.41) is 3.01. The van der Waals surface area contributed by atoms with Gasteiger partial charge in [0.1, 0.15) is 5.75 Å². The number of nitrogens with one attached hydrogen (secondary N) is 1. The highest BCUT2D eigenvalue weighted by molar-refractivity contribution is 5.93. The van der Waals surface area contributed by atoms with Gasteiger partial charge in [-0.3, -0.25) is 14.6 Å². The first-order valence-electron chi connectivity index (χ1n) is 11.2. The second-order valence-electron chi connectivity index (χ2n) is 8.20. The average molecular weight is 446 g/mol. The molecule has 3 aromatic carbocycles. The average Bonchev–Trinajstić information content (AvgIpc) is 3.30. The summed E-state index contributed by atoms with van der Waals surface area (Å²) in [5.74, 6) is 2.95. The Bertz CT molecular complexity index is 1100. The number of rotatable bonds is 7. The molecule has 0 saturated carbocycles. The van der Waals surface area contributed by atoms with Crippen LogP contribution in [-0.4, -0.2) is 55.2 Å². The normalized spacial score (nSPS) is 15.9. The van der Waals surface area contributed by atoms with Crippen LogP contribution in [0.3, 0.4) is 0 Å². The Morgan fingerprint density at radius 3 is 2.42 bits per heavy atom. The Labute approximate surface area is 193 Å². The Hall–Kier alpha value is -3.55. The fraction of sp³-hybridized carbons (Fsp3) is 0.269. The fourth-order valence-corrected chi connectivity index (χ4v) is 4.07. The van der Waals surface area contributed by atoms with Crippen molar-refractivity contribution in [2.24, 2.45) is 0 Å². The molecule has 5 rings (SSSR count). The lowest BCUT2D eigenvalue weighted by atomic mass is 10.1. The predicted octanol–water partition coefficient (Wildman–Crippen LogP) is 3.96. The molecule has 0 unspecified atom stereocenters. The fourth-order valence-electron chi connectivity index (χ4n) is 4.07. The molecule has 3 aromatic rings. The summed E-state index contributed by atoms with van der Waals surface area (Å²) >= 11 is 0. The van der Waals surface area contributed by atoms with Gasteiger partial charge >= 0.3 is 0 Å². The largest absolute Gasteiger partial charge is 0.455 e. The molecule has 2 aliphatic heterocycles. The van der Waals surface area contributed by atoms with Crippen molar-refractivity contribution in [1.82, 2.24) is 9.80 Å². The predicted molar refractivity (Wildman–Crippen MR) is 126 cm³/mol. The van der Waals surface area contributed by atoms with Crippen molar-refractivity contribution >= 4 is 11.6 Å². The monoisotopic (exact) mass is 445 g/mol. The number of carbonyl (C=O) groups is 1. The third kappa shape index (κ3) is 5.45. The molecule has 1 saturated heterocycles. The summed E-state index contributed by atoms with van der Waals surface area (Å²) in [4.78, 5) is 17.3.